The summed E-state index contributed by atoms with van der Waals surface area (Å²) in [5.41, 5.74) is 3.69. The van der Waals surface area contributed by atoms with Crippen molar-refractivity contribution in [1.82, 2.24) is 9.80 Å². The molecule has 2 unspecified atom stereocenters. The number of hydrogen-bond acceptors (Lipinski definition) is 5. The molecule has 29 heavy (non-hydrogen) atoms. The summed E-state index contributed by atoms with van der Waals surface area (Å²) in [7, 11) is 1.71. The summed E-state index contributed by atoms with van der Waals surface area (Å²) in [6.45, 7) is 6.31. The average Bonchev–Trinajstić information content (AvgIpc) is 2.72. The third-order valence-electron chi connectivity index (χ3n) is 6.22. The van der Waals surface area contributed by atoms with Gasteiger partial charge >= 0.3 is 0 Å². The quantitative estimate of drug-likeness (QED) is 0.715. The van der Waals surface area contributed by atoms with Crippen LogP contribution in [-0.4, -0.2) is 59.4 Å². The van der Waals surface area contributed by atoms with Crippen molar-refractivity contribution >= 4 is 28.4 Å². The van der Waals surface area contributed by atoms with E-state index in [1.807, 2.05) is 0 Å². The van der Waals surface area contributed by atoms with Crippen molar-refractivity contribution in [2.24, 2.45) is 0 Å². The second kappa shape index (κ2) is 9.09. The standard InChI is InChI=1S/C22H29ClN4O2/c1-14-15(2)20(29-3)9-7-17(14)19-6-4-5-16-13-26(11-12-27(16)19)22(28)18(24)8-10-21(23)25/h7-10,16,19,24-25H,4-6,11-13H2,1-3H3/b10-8-,24-18?,25-21?. The molecule has 2 aliphatic rings. The summed E-state index contributed by atoms with van der Waals surface area (Å²) in [5, 5.41) is 15.0. The van der Waals surface area contributed by atoms with Gasteiger partial charge in [0.1, 0.15) is 16.6 Å². The summed E-state index contributed by atoms with van der Waals surface area (Å²) < 4.78 is 5.47. The molecule has 156 valence electrons. The first-order valence-electron chi connectivity index (χ1n) is 10.0. The van der Waals surface area contributed by atoms with Gasteiger partial charge in [-0.25, -0.2) is 0 Å². The molecule has 2 aliphatic heterocycles. The Kier molecular flexibility index (Phi) is 6.75. The van der Waals surface area contributed by atoms with Crippen LogP contribution < -0.4 is 4.74 Å². The molecule has 7 heteroatoms. The fraction of sp³-hybridized carbons (Fsp3) is 0.500. The van der Waals surface area contributed by atoms with Crippen molar-refractivity contribution in [3.63, 3.8) is 0 Å². The molecular formula is C22H29ClN4O2. The summed E-state index contributed by atoms with van der Waals surface area (Å²) in [6, 6.07) is 4.90. The van der Waals surface area contributed by atoms with Crippen molar-refractivity contribution in [1.29, 1.82) is 10.8 Å². The topological polar surface area (TPSA) is 80.5 Å². The predicted molar refractivity (Wildman–Crippen MR) is 117 cm³/mol. The lowest BCUT2D eigenvalue weighted by Gasteiger charge is -2.48. The van der Waals surface area contributed by atoms with Gasteiger partial charge in [0.15, 0.2) is 0 Å². The highest BCUT2D eigenvalue weighted by Crippen LogP contribution is 2.39. The SMILES string of the molecule is COc1ccc(C2CCCC3CN(C(=O)C(=N)/C=C\C(=N)Cl)CCN32)c(C)c1C. The molecule has 2 atom stereocenters. The van der Waals surface area contributed by atoms with Crippen molar-refractivity contribution < 1.29 is 9.53 Å². The molecule has 6 nitrogen and oxygen atoms in total. The maximum Gasteiger partial charge on any atom is 0.271 e. The largest absolute Gasteiger partial charge is 0.496 e. The van der Waals surface area contributed by atoms with E-state index in [2.05, 4.69) is 30.9 Å². The smallest absolute Gasteiger partial charge is 0.271 e. The molecule has 2 N–H and O–H groups in total. The molecular weight excluding hydrogens is 388 g/mol. The molecule has 0 saturated carbocycles. The van der Waals surface area contributed by atoms with Gasteiger partial charge in [-0.1, -0.05) is 17.7 Å². The third-order valence-corrected chi connectivity index (χ3v) is 6.34. The van der Waals surface area contributed by atoms with E-state index in [0.29, 0.717) is 25.2 Å². The Hall–Kier alpha value is -2.18. The van der Waals surface area contributed by atoms with Crippen LogP contribution in [0.1, 0.15) is 42.0 Å². The fourth-order valence-corrected chi connectivity index (χ4v) is 4.63. The lowest BCUT2D eigenvalue weighted by atomic mass is 9.86. The molecule has 0 radical (unpaired) electrons. The number of nitrogens with one attached hydrogen (secondary N) is 2. The van der Waals surface area contributed by atoms with Gasteiger partial charge in [0.2, 0.25) is 0 Å². The number of carbonyl (C=O) groups excluding carboxylic acids is 1. The van der Waals surface area contributed by atoms with E-state index in [9.17, 15) is 4.79 Å². The number of rotatable bonds is 5. The highest BCUT2D eigenvalue weighted by molar-refractivity contribution is 6.67. The first-order chi connectivity index (χ1) is 13.8. The van der Waals surface area contributed by atoms with E-state index >= 15 is 0 Å². The van der Waals surface area contributed by atoms with E-state index in [1.165, 1.54) is 28.8 Å². The Labute approximate surface area is 177 Å². The van der Waals surface area contributed by atoms with Crippen LogP contribution in [-0.2, 0) is 4.79 Å². The summed E-state index contributed by atoms with van der Waals surface area (Å²) in [6.07, 6.45) is 5.87. The van der Waals surface area contributed by atoms with E-state index < -0.39 is 0 Å². The number of carbonyl (C=O) groups is 1. The molecule has 1 aromatic rings. The second-order valence-corrected chi connectivity index (χ2v) is 8.20. The van der Waals surface area contributed by atoms with Gasteiger partial charge in [0.05, 0.1) is 7.11 Å². The molecule has 1 amide bonds. The number of nitrogens with zero attached hydrogens (tertiary/aromatic N) is 2. The molecule has 1 aromatic carbocycles. The number of ether oxygens (including phenoxy) is 1. The van der Waals surface area contributed by atoms with Crippen molar-refractivity contribution in [3.05, 3.63) is 41.0 Å². The number of hydrogen-bond donors (Lipinski definition) is 2. The third kappa shape index (κ3) is 4.54. The Bertz CT molecular complexity index is 851. The van der Waals surface area contributed by atoms with Crippen LogP contribution in [0.5, 0.6) is 5.75 Å². The molecule has 0 aromatic heterocycles. The highest BCUT2D eigenvalue weighted by atomic mass is 35.5. The monoisotopic (exact) mass is 416 g/mol. The number of piperazine rings is 1. The lowest BCUT2D eigenvalue weighted by molar-refractivity contribution is -0.128. The number of halogens is 1. The van der Waals surface area contributed by atoms with Crippen LogP contribution in [0.2, 0.25) is 0 Å². The number of amides is 1. The molecule has 2 heterocycles. The average molecular weight is 417 g/mol. The lowest BCUT2D eigenvalue weighted by Crippen LogP contribution is -2.57. The summed E-state index contributed by atoms with van der Waals surface area (Å²) >= 11 is 5.48. The van der Waals surface area contributed by atoms with Crippen LogP contribution in [0, 0.1) is 24.7 Å². The van der Waals surface area contributed by atoms with Crippen LogP contribution in [0.25, 0.3) is 0 Å². The van der Waals surface area contributed by atoms with Crippen molar-refractivity contribution in [3.8, 4) is 5.75 Å². The Morgan fingerprint density at radius 2 is 1.93 bits per heavy atom. The Balaban J connectivity index is 1.74. The minimum atomic E-state index is -0.294. The van der Waals surface area contributed by atoms with E-state index in [4.69, 9.17) is 27.2 Å². The molecule has 0 spiro atoms. The first kappa shape index (κ1) is 21.5. The van der Waals surface area contributed by atoms with E-state index in [1.54, 1.807) is 12.0 Å². The maximum absolute atomic E-state index is 12.6. The van der Waals surface area contributed by atoms with Crippen LogP contribution >= 0.6 is 11.6 Å². The molecule has 3 rings (SSSR count). The Morgan fingerprint density at radius 3 is 2.62 bits per heavy atom. The molecule has 2 fully saturated rings. The first-order valence-corrected chi connectivity index (χ1v) is 10.4. The number of fused-ring (bicyclic) bond motifs is 1. The summed E-state index contributed by atoms with van der Waals surface area (Å²) in [5.74, 6) is 0.628. The van der Waals surface area contributed by atoms with E-state index in [-0.39, 0.29) is 16.8 Å². The number of piperidine rings is 1. The van der Waals surface area contributed by atoms with Gasteiger partial charge in [0.25, 0.3) is 5.91 Å². The fourth-order valence-electron chi connectivity index (χ4n) is 4.57. The van der Waals surface area contributed by atoms with Crippen molar-refractivity contribution in [2.45, 2.75) is 45.2 Å². The maximum atomic E-state index is 12.6. The van der Waals surface area contributed by atoms with Gasteiger partial charge in [-0.05, 0) is 68.0 Å². The van der Waals surface area contributed by atoms with Crippen molar-refractivity contribution in [2.75, 3.05) is 26.7 Å². The molecule has 0 aliphatic carbocycles. The Morgan fingerprint density at radius 1 is 1.17 bits per heavy atom. The van der Waals surface area contributed by atoms with Crippen LogP contribution in [0.3, 0.4) is 0 Å². The van der Waals surface area contributed by atoms with Gasteiger partial charge in [-0.15, -0.1) is 0 Å². The van der Waals surface area contributed by atoms with Gasteiger partial charge in [0, 0.05) is 31.7 Å². The van der Waals surface area contributed by atoms with Gasteiger partial charge in [-0.2, -0.15) is 0 Å². The second-order valence-electron chi connectivity index (χ2n) is 7.79. The minimum Gasteiger partial charge on any atom is -0.496 e. The normalized spacial score (nSPS) is 22.4. The van der Waals surface area contributed by atoms with Crippen LogP contribution in [0.15, 0.2) is 24.3 Å². The zero-order valence-electron chi connectivity index (χ0n) is 17.3. The highest BCUT2D eigenvalue weighted by Gasteiger charge is 2.37. The van der Waals surface area contributed by atoms with Gasteiger partial charge in [-0.3, -0.25) is 20.5 Å². The molecule has 2 saturated heterocycles. The zero-order valence-corrected chi connectivity index (χ0v) is 18.1. The number of benzene rings is 1. The minimum absolute atomic E-state index is 0.127. The van der Waals surface area contributed by atoms with E-state index in [0.717, 1.165) is 31.6 Å². The predicted octanol–water partition coefficient (Wildman–Crippen LogP) is 3.84. The number of allylic oxidation sites excluding steroid dienone is 1. The summed E-state index contributed by atoms with van der Waals surface area (Å²) in [4.78, 5) is 16.9. The van der Waals surface area contributed by atoms with Gasteiger partial charge < -0.3 is 9.64 Å². The number of methoxy groups -OCH3 is 1. The zero-order chi connectivity index (χ0) is 21.1. The van der Waals surface area contributed by atoms with Crippen LogP contribution in [0.4, 0.5) is 0 Å². The molecule has 0 bridgehead atoms.